The molecule has 2 aromatic carbocycles. The van der Waals surface area contributed by atoms with E-state index in [-0.39, 0.29) is 5.54 Å². The van der Waals surface area contributed by atoms with Gasteiger partial charge >= 0.3 is 0 Å². The fourth-order valence-electron chi connectivity index (χ4n) is 3.52. The molecule has 0 aliphatic heterocycles. The van der Waals surface area contributed by atoms with Crippen LogP contribution in [-0.4, -0.2) is 17.8 Å². The molecule has 0 unspecified atom stereocenters. The second kappa shape index (κ2) is 11.5. The van der Waals surface area contributed by atoms with Crippen molar-refractivity contribution in [2.45, 2.75) is 59.9 Å². The fraction of sp³-hybridized carbons (Fsp3) is 0.345. The van der Waals surface area contributed by atoms with Gasteiger partial charge in [-0.15, -0.1) is 0 Å². The standard InChI is InChI=1S/C29H39N3/c1-9-13-19-32(25-16-14-15-24(20-25)31-29(6,7)8)26-18-17-22(5)28(21-26)30-27(12-4)23(10-2)11-3/h10-12,14-18,20-21,31H,2,4,9,13,19H2,1,3,5-8H3/b23-11+,30-27+. The van der Waals surface area contributed by atoms with Gasteiger partial charge in [0.2, 0.25) is 0 Å². The van der Waals surface area contributed by atoms with Crippen LogP contribution in [0.3, 0.4) is 0 Å². The number of aliphatic imine (C=N–C) groups is 1. The van der Waals surface area contributed by atoms with E-state index in [1.54, 1.807) is 6.08 Å². The van der Waals surface area contributed by atoms with Crippen molar-refractivity contribution in [1.82, 2.24) is 0 Å². The van der Waals surface area contributed by atoms with Crippen molar-refractivity contribution in [3.8, 4) is 0 Å². The normalized spacial score (nSPS) is 12.4. The monoisotopic (exact) mass is 429 g/mol. The Morgan fingerprint density at radius 2 is 1.78 bits per heavy atom. The van der Waals surface area contributed by atoms with Gasteiger partial charge in [-0.3, -0.25) is 0 Å². The predicted molar refractivity (Wildman–Crippen MR) is 144 cm³/mol. The summed E-state index contributed by atoms with van der Waals surface area (Å²) >= 11 is 0. The molecule has 0 aliphatic rings. The van der Waals surface area contributed by atoms with Crippen LogP contribution in [0.15, 0.2) is 84.4 Å². The van der Waals surface area contributed by atoms with Crippen LogP contribution < -0.4 is 10.2 Å². The molecule has 3 nitrogen and oxygen atoms in total. The minimum absolute atomic E-state index is 0.00929. The first-order valence-electron chi connectivity index (χ1n) is 11.5. The number of rotatable bonds is 10. The average Bonchev–Trinajstić information content (AvgIpc) is 2.75. The number of nitrogens with zero attached hydrogens (tertiary/aromatic N) is 2. The summed E-state index contributed by atoms with van der Waals surface area (Å²) in [6.07, 6.45) is 7.87. The highest BCUT2D eigenvalue weighted by Gasteiger charge is 2.14. The summed E-state index contributed by atoms with van der Waals surface area (Å²) < 4.78 is 0. The lowest BCUT2D eigenvalue weighted by Gasteiger charge is -2.28. The van der Waals surface area contributed by atoms with Gasteiger partial charge in [-0.05, 0) is 88.6 Å². The van der Waals surface area contributed by atoms with Gasteiger partial charge in [0.05, 0.1) is 11.4 Å². The minimum Gasteiger partial charge on any atom is -0.380 e. The molecule has 0 saturated carbocycles. The number of anilines is 3. The molecule has 2 rings (SSSR count). The molecule has 0 saturated heterocycles. The summed E-state index contributed by atoms with van der Waals surface area (Å²) in [7, 11) is 0. The lowest BCUT2D eigenvalue weighted by molar-refractivity contribution is 0.634. The smallest absolute Gasteiger partial charge is 0.0699 e. The van der Waals surface area contributed by atoms with Gasteiger partial charge in [0.1, 0.15) is 0 Å². The second-order valence-corrected chi connectivity index (χ2v) is 9.05. The Balaban J connectivity index is 2.53. The van der Waals surface area contributed by atoms with E-state index in [0.717, 1.165) is 53.3 Å². The van der Waals surface area contributed by atoms with Gasteiger partial charge in [0, 0.05) is 29.1 Å². The Morgan fingerprint density at radius 1 is 1.06 bits per heavy atom. The van der Waals surface area contributed by atoms with Crippen LogP contribution in [0.25, 0.3) is 0 Å². The molecule has 0 amide bonds. The van der Waals surface area contributed by atoms with Gasteiger partial charge in [-0.25, -0.2) is 4.99 Å². The van der Waals surface area contributed by atoms with Gasteiger partial charge in [-0.1, -0.05) is 50.8 Å². The summed E-state index contributed by atoms with van der Waals surface area (Å²) in [6.45, 7) is 21.7. The molecule has 0 aromatic heterocycles. The van der Waals surface area contributed by atoms with Crippen LogP contribution >= 0.6 is 0 Å². The van der Waals surface area contributed by atoms with Crippen molar-refractivity contribution in [1.29, 1.82) is 0 Å². The maximum atomic E-state index is 4.92. The van der Waals surface area contributed by atoms with Crippen molar-refractivity contribution < 1.29 is 0 Å². The van der Waals surface area contributed by atoms with E-state index in [2.05, 4.69) is 100 Å². The van der Waals surface area contributed by atoms with Gasteiger partial charge in [0.15, 0.2) is 0 Å². The molecular formula is C29H39N3. The van der Waals surface area contributed by atoms with E-state index in [4.69, 9.17) is 4.99 Å². The SMILES string of the molecule is C=CC(=C\C)/C(C=C)=N/c1cc(N(CCCC)c2cccc(NC(C)(C)C)c2)ccc1C. The maximum absolute atomic E-state index is 4.92. The van der Waals surface area contributed by atoms with Crippen molar-refractivity contribution in [3.63, 3.8) is 0 Å². The molecular weight excluding hydrogens is 390 g/mol. The summed E-state index contributed by atoms with van der Waals surface area (Å²) in [4.78, 5) is 7.30. The van der Waals surface area contributed by atoms with Crippen LogP contribution in [0, 0.1) is 6.92 Å². The van der Waals surface area contributed by atoms with Crippen LogP contribution in [-0.2, 0) is 0 Å². The average molecular weight is 430 g/mol. The first-order chi connectivity index (χ1) is 15.2. The van der Waals surface area contributed by atoms with Gasteiger partial charge in [-0.2, -0.15) is 0 Å². The lowest BCUT2D eigenvalue weighted by Crippen LogP contribution is -2.26. The van der Waals surface area contributed by atoms with Crippen molar-refractivity contribution >= 4 is 28.5 Å². The number of benzene rings is 2. The molecule has 0 atom stereocenters. The van der Waals surface area contributed by atoms with E-state index in [1.165, 1.54) is 5.69 Å². The predicted octanol–water partition coefficient (Wildman–Crippen LogP) is 8.53. The van der Waals surface area contributed by atoms with Crippen molar-refractivity contribution in [2.75, 3.05) is 16.8 Å². The number of hydrogen-bond donors (Lipinski definition) is 1. The molecule has 0 spiro atoms. The highest BCUT2D eigenvalue weighted by atomic mass is 15.1. The Bertz CT molecular complexity index is 990. The Morgan fingerprint density at radius 3 is 2.38 bits per heavy atom. The third kappa shape index (κ3) is 6.98. The fourth-order valence-corrected chi connectivity index (χ4v) is 3.52. The molecule has 32 heavy (non-hydrogen) atoms. The first-order valence-corrected chi connectivity index (χ1v) is 11.5. The van der Waals surface area contributed by atoms with Crippen LogP contribution in [0.1, 0.15) is 53.0 Å². The Kier molecular flexibility index (Phi) is 9.07. The van der Waals surface area contributed by atoms with Crippen LogP contribution in [0.4, 0.5) is 22.7 Å². The largest absolute Gasteiger partial charge is 0.380 e. The molecule has 3 heteroatoms. The zero-order valence-corrected chi connectivity index (χ0v) is 20.7. The van der Waals surface area contributed by atoms with E-state index in [0.29, 0.717) is 0 Å². The highest BCUT2D eigenvalue weighted by Crippen LogP contribution is 2.33. The lowest BCUT2D eigenvalue weighted by atomic mass is 10.1. The highest BCUT2D eigenvalue weighted by molar-refractivity contribution is 6.11. The molecule has 0 bridgehead atoms. The molecule has 0 heterocycles. The molecule has 170 valence electrons. The van der Waals surface area contributed by atoms with E-state index >= 15 is 0 Å². The molecule has 0 aliphatic carbocycles. The quantitative estimate of drug-likeness (QED) is 0.303. The zero-order valence-electron chi connectivity index (χ0n) is 20.7. The van der Waals surface area contributed by atoms with E-state index in [1.807, 2.05) is 19.1 Å². The van der Waals surface area contributed by atoms with E-state index in [9.17, 15) is 0 Å². The number of unbranched alkanes of at least 4 members (excludes halogenated alkanes) is 1. The van der Waals surface area contributed by atoms with Crippen LogP contribution in [0.2, 0.25) is 0 Å². The van der Waals surface area contributed by atoms with Gasteiger partial charge < -0.3 is 10.2 Å². The topological polar surface area (TPSA) is 27.6 Å². The minimum atomic E-state index is 0.00929. The number of hydrogen-bond acceptors (Lipinski definition) is 3. The number of allylic oxidation sites excluding steroid dienone is 4. The zero-order chi connectivity index (χ0) is 23.7. The van der Waals surface area contributed by atoms with Crippen molar-refractivity contribution in [3.05, 3.63) is 85.0 Å². The first kappa shape index (κ1) is 25.2. The molecule has 2 aromatic rings. The van der Waals surface area contributed by atoms with Crippen molar-refractivity contribution in [2.24, 2.45) is 4.99 Å². The number of nitrogens with one attached hydrogen (secondary N) is 1. The summed E-state index contributed by atoms with van der Waals surface area (Å²) in [6, 6.07) is 15.2. The van der Waals surface area contributed by atoms with E-state index < -0.39 is 0 Å². The molecule has 0 radical (unpaired) electrons. The summed E-state index contributed by atoms with van der Waals surface area (Å²) in [5, 5.41) is 3.59. The second-order valence-electron chi connectivity index (χ2n) is 9.05. The Labute approximate surface area is 195 Å². The maximum Gasteiger partial charge on any atom is 0.0699 e. The van der Waals surface area contributed by atoms with Gasteiger partial charge in [0.25, 0.3) is 0 Å². The summed E-state index contributed by atoms with van der Waals surface area (Å²) in [5.41, 5.74) is 7.34. The summed E-state index contributed by atoms with van der Waals surface area (Å²) in [5.74, 6) is 0. The third-order valence-electron chi connectivity index (χ3n) is 5.18. The number of aryl methyl sites for hydroxylation is 1. The molecule has 0 fully saturated rings. The Hall–Kier alpha value is -3.07. The van der Waals surface area contributed by atoms with Crippen LogP contribution in [0.5, 0.6) is 0 Å². The molecule has 1 N–H and O–H groups in total. The third-order valence-corrected chi connectivity index (χ3v) is 5.18.